The lowest BCUT2D eigenvalue weighted by molar-refractivity contribution is -0.142. The van der Waals surface area contributed by atoms with Gasteiger partial charge in [0.05, 0.1) is 7.11 Å². The summed E-state index contributed by atoms with van der Waals surface area (Å²) in [5, 5.41) is 6.55. The second-order valence-corrected chi connectivity index (χ2v) is 7.26. The van der Waals surface area contributed by atoms with E-state index in [1.807, 2.05) is 12.1 Å². The summed E-state index contributed by atoms with van der Waals surface area (Å²) in [5.41, 5.74) is 0.430. The van der Waals surface area contributed by atoms with Gasteiger partial charge in [0.25, 0.3) is 0 Å². The Hall–Kier alpha value is -1.79. The van der Waals surface area contributed by atoms with Gasteiger partial charge in [-0.15, -0.1) is 0 Å². The maximum absolute atomic E-state index is 12.1. The van der Waals surface area contributed by atoms with Crippen LogP contribution < -0.4 is 10.6 Å². The zero-order valence-electron chi connectivity index (χ0n) is 15.4. The average molecular weight is 371 g/mol. The summed E-state index contributed by atoms with van der Waals surface area (Å²) in [7, 11) is 1.34. The number of esters is 1. The summed E-state index contributed by atoms with van der Waals surface area (Å²) in [6.07, 6.45) is 0.0658. The minimum Gasteiger partial charge on any atom is -0.468 e. The summed E-state index contributed by atoms with van der Waals surface area (Å²) < 4.78 is 10.0. The van der Waals surface area contributed by atoms with Crippen LogP contribution in [0.1, 0.15) is 33.3 Å². The van der Waals surface area contributed by atoms with Crippen molar-refractivity contribution < 1.29 is 19.1 Å². The summed E-state index contributed by atoms with van der Waals surface area (Å²) in [4.78, 5) is 23.6. The number of alkyl carbamates (subject to hydrolysis) is 1. The molecule has 0 heterocycles. The third-order valence-corrected chi connectivity index (χ3v) is 3.59. The SMILES string of the molecule is COC(=O)[C@H](C)NC[C@H](Cc1ccc(Cl)cc1)NC(=O)OC(C)(C)C. The zero-order valence-corrected chi connectivity index (χ0v) is 16.1. The van der Waals surface area contributed by atoms with Crippen LogP contribution in [0.5, 0.6) is 0 Å². The summed E-state index contributed by atoms with van der Waals surface area (Å²) >= 11 is 5.91. The fraction of sp³-hybridized carbons (Fsp3) is 0.556. The van der Waals surface area contributed by atoms with Gasteiger partial charge in [0.15, 0.2) is 0 Å². The average Bonchev–Trinajstić information content (AvgIpc) is 2.51. The minimum absolute atomic E-state index is 0.261. The highest BCUT2D eigenvalue weighted by molar-refractivity contribution is 6.30. The number of halogens is 1. The van der Waals surface area contributed by atoms with E-state index in [4.69, 9.17) is 21.1 Å². The van der Waals surface area contributed by atoms with Crippen LogP contribution >= 0.6 is 11.6 Å². The van der Waals surface area contributed by atoms with Crippen molar-refractivity contribution in [3.05, 3.63) is 34.9 Å². The fourth-order valence-electron chi connectivity index (χ4n) is 2.13. The Morgan fingerprint density at radius 3 is 2.32 bits per heavy atom. The van der Waals surface area contributed by atoms with E-state index in [0.29, 0.717) is 18.0 Å². The number of carbonyl (C=O) groups is 2. The molecule has 0 bridgehead atoms. The Morgan fingerprint density at radius 2 is 1.80 bits per heavy atom. The normalized spacial score (nSPS) is 13.7. The standard InChI is InChI=1S/C18H27ClN2O4/c1-12(16(22)24-5)20-11-15(21-17(23)25-18(2,3)4)10-13-6-8-14(19)9-7-13/h6-9,12,15,20H,10-11H2,1-5H3,(H,21,23)/t12-,15-/m0/s1. The number of benzene rings is 1. The molecule has 7 heteroatoms. The molecule has 25 heavy (non-hydrogen) atoms. The lowest BCUT2D eigenvalue weighted by Gasteiger charge is -2.25. The Labute approximate surface area is 154 Å². The molecular weight excluding hydrogens is 344 g/mol. The molecule has 0 radical (unpaired) electrons. The van der Waals surface area contributed by atoms with Crippen molar-refractivity contribution in [1.29, 1.82) is 0 Å². The molecule has 2 N–H and O–H groups in total. The van der Waals surface area contributed by atoms with Crippen LogP contribution in [0.2, 0.25) is 5.02 Å². The van der Waals surface area contributed by atoms with E-state index in [1.165, 1.54) is 7.11 Å². The van der Waals surface area contributed by atoms with Gasteiger partial charge in [-0.2, -0.15) is 0 Å². The Morgan fingerprint density at radius 1 is 1.20 bits per heavy atom. The predicted molar refractivity (Wildman–Crippen MR) is 97.8 cm³/mol. The van der Waals surface area contributed by atoms with Crippen LogP contribution in [-0.4, -0.2) is 43.4 Å². The number of ether oxygens (including phenoxy) is 2. The fourth-order valence-corrected chi connectivity index (χ4v) is 2.26. The van der Waals surface area contributed by atoms with Crippen molar-refractivity contribution in [3.8, 4) is 0 Å². The van der Waals surface area contributed by atoms with Crippen LogP contribution in [0.3, 0.4) is 0 Å². The van der Waals surface area contributed by atoms with Crippen LogP contribution in [0.4, 0.5) is 4.79 Å². The van der Waals surface area contributed by atoms with E-state index in [0.717, 1.165) is 5.56 Å². The molecule has 2 atom stereocenters. The van der Waals surface area contributed by atoms with Crippen molar-refractivity contribution in [1.82, 2.24) is 10.6 Å². The van der Waals surface area contributed by atoms with E-state index in [9.17, 15) is 9.59 Å². The van der Waals surface area contributed by atoms with Crippen molar-refractivity contribution >= 4 is 23.7 Å². The zero-order chi connectivity index (χ0) is 19.0. The molecule has 1 aromatic rings. The molecule has 0 unspecified atom stereocenters. The minimum atomic E-state index is -0.582. The van der Waals surface area contributed by atoms with Gasteiger partial charge < -0.3 is 20.1 Å². The van der Waals surface area contributed by atoms with Gasteiger partial charge in [0, 0.05) is 17.6 Å². The first-order chi connectivity index (χ1) is 11.6. The number of methoxy groups -OCH3 is 1. The predicted octanol–water partition coefficient (Wildman–Crippen LogP) is 2.93. The first kappa shape index (κ1) is 21.3. The highest BCUT2D eigenvalue weighted by atomic mass is 35.5. The molecular formula is C18H27ClN2O4. The molecule has 0 aliphatic rings. The van der Waals surface area contributed by atoms with Gasteiger partial charge in [-0.25, -0.2) is 4.79 Å². The largest absolute Gasteiger partial charge is 0.468 e. The first-order valence-corrected chi connectivity index (χ1v) is 8.53. The van der Waals surface area contributed by atoms with Gasteiger partial charge in [-0.1, -0.05) is 23.7 Å². The highest BCUT2D eigenvalue weighted by Crippen LogP contribution is 2.12. The third kappa shape index (κ3) is 8.74. The van der Waals surface area contributed by atoms with Crippen molar-refractivity contribution in [2.75, 3.05) is 13.7 Å². The number of carbonyl (C=O) groups excluding carboxylic acids is 2. The summed E-state index contributed by atoms with van der Waals surface area (Å²) in [6, 6.07) is 6.66. The maximum atomic E-state index is 12.1. The van der Waals surface area contributed by atoms with Crippen LogP contribution in [0, 0.1) is 0 Å². The molecule has 0 saturated heterocycles. The van der Waals surface area contributed by atoms with Gasteiger partial charge in [0.2, 0.25) is 0 Å². The lowest BCUT2D eigenvalue weighted by Crippen LogP contribution is -2.48. The van der Waals surface area contributed by atoms with Gasteiger partial charge >= 0.3 is 12.1 Å². The highest BCUT2D eigenvalue weighted by Gasteiger charge is 2.21. The van der Waals surface area contributed by atoms with Crippen LogP contribution in [0.15, 0.2) is 24.3 Å². The monoisotopic (exact) mass is 370 g/mol. The second kappa shape index (κ2) is 9.63. The van der Waals surface area contributed by atoms with Crippen molar-refractivity contribution in [2.45, 2.75) is 51.8 Å². The van der Waals surface area contributed by atoms with Crippen LogP contribution in [0.25, 0.3) is 0 Å². The molecule has 0 spiro atoms. The molecule has 0 aromatic heterocycles. The van der Waals surface area contributed by atoms with E-state index in [2.05, 4.69) is 10.6 Å². The Kier molecular flexibility index (Phi) is 8.19. The molecule has 1 aromatic carbocycles. The summed E-state index contributed by atoms with van der Waals surface area (Å²) in [5.74, 6) is -0.359. The molecule has 0 aliphatic heterocycles. The van der Waals surface area contributed by atoms with E-state index in [1.54, 1.807) is 39.8 Å². The van der Waals surface area contributed by atoms with Crippen LogP contribution in [-0.2, 0) is 20.7 Å². The lowest BCUT2D eigenvalue weighted by atomic mass is 10.1. The van der Waals surface area contributed by atoms with Gasteiger partial charge in [-0.3, -0.25) is 4.79 Å². The quantitative estimate of drug-likeness (QED) is 0.722. The van der Waals surface area contributed by atoms with E-state index in [-0.39, 0.29) is 12.0 Å². The number of nitrogens with one attached hydrogen (secondary N) is 2. The van der Waals surface area contributed by atoms with Crippen molar-refractivity contribution in [2.24, 2.45) is 0 Å². The second-order valence-electron chi connectivity index (χ2n) is 6.83. The molecule has 0 saturated carbocycles. The molecule has 6 nitrogen and oxygen atoms in total. The molecule has 0 aliphatic carbocycles. The topological polar surface area (TPSA) is 76.7 Å². The molecule has 1 amide bonds. The Bertz CT molecular complexity index is 569. The number of hydrogen-bond donors (Lipinski definition) is 2. The number of hydrogen-bond acceptors (Lipinski definition) is 5. The summed E-state index contributed by atoms with van der Waals surface area (Å²) in [6.45, 7) is 7.51. The van der Waals surface area contributed by atoms with E-state index < -0.39 is 17.7 Å². The molecule has 1 rings (SSSR count). The molecule has 140 valence electrons. The van der Waals surface area contributed by atoms with E-state index >= 15 is 0 Å². The first-order valence-electron chi connectivity index (χ1n) is 8.16. The third-order valence-electron chi connectivity index (χ3n) is 3.34. The smallest absolute Gasteiger partial charge is 0.407 e. The number of amides is 1. The maximum Gasteiger partial charge on any atom is 0.407 e. The number of rotatable bonds is 7. The van der Waals surface area contributed by atoms with Gasteiger partial charge in [0.1, 0.15) is 11.6 Å². The van der Waals surface area contributed by atoms with Gasteiger partial charge in [-0.05, 0) is 51.8 Å². The molecule has 0 fully saturated rings. The Balaban J connectivity index is 2.73. The van der Waals surface area contributed by atoms with Crippen molar-refractivity contribution in [3.63, 3.8) is 0 Å².